The summed E-state index contributed by atoms with van der Waals surface area (Å²) in [7, 11) is -2.08. The molecule has 9 heteroatoms. The van der Waals surface area contributed by atoms with E-state index in [4.69, 9.17) is 4.74 Å². The summed E-state index contributed by atoms with van der Waals surface area (Å²) < 4.78 is 30.8. The van der Waals surface area contributed by atoms with Gasteiger partial charge in [-0.15, -0.1) is 0 Å². The molecule has 1 aromatic carbocycles. The fourth-order valence-electron chi connectivity index (χ4n) is 4.48. The van der Waals surface area contributed by atoms with Crippen LogP contribution in [0.3, 0.4) is 0 Å². The second-order valence-electron chi connectivity index (χ2n) is 8.75. The number of anilines is 1. The van der Waals surface area contributed by atoms with E-state index in [0.29, 0.717) is 11.4 Å². The second kappa shape index (κ2) is 9.56. The molecule has 2 amide bonds. The third kappa shape index (κ3) is 5.38. The van der Waals surface area contributed by atoms with E-state index in [9.17, 15) is 18.0 Å². The number of benzene rings is 1. The number of amides is 2. The van der Waals surface area contributed by atoms with Gasteiger partial charge in [-0.1, -0.05) is 32.1 Å². The SMILES string of the molecule is COc1ccc(N2C(=O)CN(S(C)(=O)=O)CC2(C)C(=O)NC2CCCCCCC2)cc1. The molecule has 172 valence electrons. The number of nitrogens with zero attached hydrogens (tertiary/aromatic N) is 2. The molecule has 0 aromatic heterocycles. The van der Waals surface area contributed by atoms with E-state index >= 15 is 0 Å². The monoisotopic (exact) mass is 451 g/mol. The Balaban J connectivity index is 1.93. The van der Waals surface area contributed by atoms with Crippen molar-refractivity contribution >= 4 is 27.5 Å². The van der Waals surface area contributed by atoms with Gasteiger partial charge in [-0.2, -0.15) is 4.31 Å². The molecule has 1 atom stereocenters. The molecule has 0 bridgehead atoms. The van der Waals surface area contributed by atoms with Crippen molar-refractivity contribution in [1.82, 2.24) is 9.62 Å². The van der Waals surface area contributed by atoms with Crippen molar-refractivity contribution in [2.75, 3.05) is 31.4 Å². The maximum absolute atomic E-state index is 13.6. The highest BCUT2D eigenvalue weighted by atomic mass is 32.2. The molecule has 8 nitrogen and oxygen atoms in total. The van der Waals surface area contributed by atoms with Gasteiger partial charge >= 0.3 is 0 Å². The van der Waals surface area contributed by atoms with E-state index in [-0.39, 0.29) is 25.0 Å². The van der Waals surface area contributed by atoms with Crippen molar-refractivity contribution in [2.45, 2.75) is 63.5 Å². The first-order valence-corrected chi connectivity index (χ1v) is 12.7. The number of rotatable bonds is 5. The number of carbonyl (C=O) groups excluding carboxylic acids is 2. The Bertz CT molecular complexity index is 894. The van der Waals surface area contributed by atoms with Gasteiger partial charge in [0.25, 0.3) is 0 Å². The Kier molecular flexibility index (Phi) is 7.26. The van der Waals surface area contributed by atoms with Gasteiger partial charge in [0.2, 0.25) is 21.8 Å². The first-order chi connectivity index (χ1) is 14.6. The molecule has 1 N–H and O–H groups in total. The molecular weight excluding hydrogens is 418 g/mol. The van der Waals surface area contributed by atoms with Crippen LogP contribution in [0.1, 0.15) is 51.9 Å². The lowest BCUT2D eigenvalue weighted by Crippen LogP contribution is -2.70. The molecular formula is C22H33N3O5S. The number of nitrogens with one attached hydrogen (secondary N) is 1. The zero-order valence-corrected chi connectivity index (χ0v) is 19.4. The van der Waals surface area contributed by atoms with Gasteiger partial charge in [0.1, 0.15) is 11.3 Å². The van der Waals surface area contributed by atoms with Gasteiger partial charge in [0.15, 0.2) is 0 Å². The molecule has 0 radical (unpaired) electrons. The Labute approximate surface area is 185 Å². The number of sulfonamides is 1. The summed E-state index contributed by atoms with van der Waals surface area (Å²) in [5.41, 5.74) is -0.829. The molecule has 0 spiro atoms. The van der Waals surface area contributed by atoms with Crippen molar-refractivity contribution in [2.24, 2.45) is 0 Å². The Morgan fingerprint density at radius 3 is 2.23 bits per heavy atom. The molecule has 2 fully saturated rings. The summed E-state index contributed by atoms with van der Waals surface area (Å²) in [4.78, 5) is 28.1. The van der Waals surface area contributed by atoms with E-state index in [1.54, 1.807) is 38.3 Å². The summed E-state index contributed by atoms with van der Waals surface area (Å²) in [6.07, 6.45) is 8.50. The molecule has 31 heavy (non-hydrogen) atoms. The van der Waals surface area contributed by atoms with Gasteiger partial charge in [-0.3, -0.25) is 14.5 Å². The highest BCUT2D eigenvalue weighted by molar-refractivity contribution is 7.88. The second-order valence-corrected chi connectivity index (χ2v) is 10.7. The van der Waals surface area contributed by atoms with Crippen LogP contribution in [0.15, 0.2) is 24.3 Å². The minimum atomic E-state index is -3.64. The maximum Gasteiger partial charge on any atom is 0.247 e. The van der Waals surface area contributed by atoms with Gasteiger partial charge in [0, 0.05) is 18.3 Å². The number of piperazine rings is 1. The topological polar surface area (TPSA) is 96.0 Å². The van der Waals surface area contributed by atoms with Crippen LogP contribution in [0.5, 0.6) is 5.75 Å². The van der Waals surface area contributed by atoms with Gasteiger partial charge in [0.05, 0.1) is 19.9 Å². The van der Waals surface area contributed by atoms with Crippen molar-refractivity contribution in [3.05, 3.63) is 24.3 Å². The third-order valence-electron chi connectivity index (χ3n) is 6.27. The lowest BCUT2D eigenvalue weighted by Gasteiger charge is -2.47. The Morgan fingerprint density at radius 1 is 1.10 bits per heavy atom. The normalized spacial score (nSPS) is 24.4. The predicted octanol–water partition coefficient (Wildman–Crippen LogP) is 2.29. The quantitative estimate of drug-likeness (QED) is 0.741. The van der Waals surface area contributed by atoms with Crippen LogP contribution in [-0.2, 0) is 19.6 Å². The van der Waals surface area contributed by atoms with Crippen LogP contribution in [0.2, 0.25) is 0 Å². The smallest absolute Gasteiger partial charge is 0.247 e. The average Bonchev–Trinajstić information content (AvgIpc) is 2.69. The molecule has 1 aliphatic heterocycles. The largest absolute Gasteiger partial charge is 0.497 e. The van der Waals surface area contributed by atoms with Gasteiger partial charge < -0.3 is 10.1 Å². The number of carbonyl (C=O) groups is 2. The van der Waals surface area contributed by atoms with Crippen molar-refractivity contribution in [3.8, 4) is 5.75 Å². The average molecular weight is 452 g/mol. The van der Waals surface area contributed by atoms with E-state index in [1.165, 1.54) is 11.3 Å². The summed E-state index contributed by atoms with van der Waals surface area (Å²) >= 11 is 0. The predicted molar refractivity (Wildman–Crippen MR) is 120 cm³/mol. The minimum Gasteiger partial charge on any atom is -0.497 e. The summed E-state index contributed by atoms with van der Waals surface area (Å²) in [6, 6.07) is 6.91. The fraction of sp³-hybridized carbons (Fsp3) is 0.636. The Morgan fingerprint density at radius 2 is 1.68 bits per heavy atom. The first-order valence-electron chi connectivity index (χ1n) is 10.9. The van der Waals surface area contributed by atoms with Crippen LogP contribution in [-0.4, -0.2) is 62.6 Å². The number of ether oxygens (including phenoxy) is 1. The van der Waals surface area contributed by atoms with E-state index in [0.717, 1.165) is 49.1 Å². The summed E-state index contributed by atoms with van der Waals surface area (Å²) in [5.74, 6) is -0.126. The van der Waals surface area contributed by atoms with E-state index in [2.05, 4.69) is 5.32 Å². The molecule has 1 saturated carbocycles. The fourth-order valence-corrected chi connectivity index (χ4v) is 5.31. The Hall–Kier alpha value is -2.13. The third-order valence-corrected chi connectivity index (χ3v) is 7.46. The van der Waals surface area contributed by atoms with Crippen molar-refractivity contribution in [3.63, 3.8) is 0 Å². The molecule has 3 rings (SSSR count). The van der Waals surface area contributed by atoms with E-state index < -0.39 is 21.5 Å². The van der Waals surface area contributed by atoms with Crippen molar-refractivity contribution in [1.29, 1.82) is 0 Å². The highest BCUT2D eigenvalue weighted by Gasteiger charge is 2.50. The number of hydrogen-bond donors (Lipinski definition) is 1. The van der Waals surface area contributed by atoms with Crippen LogP contribution < -0.4 is 15.0 Å². The van der Waals surface area contributed by atoms with Gasteiger partial charge in [-0.05, 0) is 44.0 Å². The minimum absolute atomic E-state index is 0.0334. The number of hydrogen-bond acceptors (Lipinski definition) is 5. The van der Waals surface area contributed by atoms with Gasteiger partial charge in [-0.25, -0.2) is 8.42 Å². The highest BCUT2D eigenvalue weighted by Crippen LogP contribution is 2.32. The van der Waals surface area contributed by atoms with Crippen LogP contribution in [0.4, 0.5) is 5.69 Å². The zero-order valence-electron chi connectivity index (χ0n) is 18.6. The molecule has 1 saturated heterocycles. The van der Waals surface area contributed by atoms with Crippen LogP contribution in [0, 0.1) is 0 Å². The lowest BCUT2D eigenvalue weighted by molar-refractivity contribution is -0.133. The zero-order chi connectivity index (χ0) is 22.6. The molecule has 1 aliphatic carbocycles. The molecule has 1 unspecified atom stereocenters. The molecule has 1 aromatic rings. The summed E-state index contributed by atoms with van der Waals surface area (Å²) in [6.45, 7) is 1.25. The van der Waals surface area contributed by atoms with Crippen LogP contribution >= 0.6 is 0 Å². The lowest BCUT2D eigenvalue weighted by atomic mass is 9.92. The number of methoxy groups -OCH3 is 1. The summed E-state index contributed by atoms with van der Waals surface area (Å²) in [5, 5.41) is 3.13. The molecule has 1 heterocycles. The first kappa shape index (κ1) is 23.5. The molecule has 2 aliphatic rings. The standard InChI is InChI=1S/C22H33N3O5S/c1-22(21(27)23-17-9-7-5-4-6-8-10-17)16-24(31(3,28)29)15-20(26)25(22)18-11-13-19(30-2)14-12-18/h11-14,17H,4-10,15-16H2,1-3H3,(H,23,27). The van der Waals surface area contributed by atoms with Crippen LogP contribution in [0.25, 0.3) is 0 Å². The van der Waals surface area contributed by atoms with Crippen molar-refractivity contribution < 1.29 is 22.7 Å². The maximum atomic E-state index is 13.6. The van der Waals surface area contributed by atoms with E-state index in [1.807, 2.05) is 0 Å².